The van der Waals surface area contributed by atoms with E-state index in [0.29, 0.717) is 5.69 Å². The second-order valence-electron chi connectivity index (χ2n) is 6.93. The Morgan fingerprint density at radius 2 is 1.62 bits per heavy atom. The lowest BCUT2D eigenvalue weighted by Gasteiger charge is -2.12. The largest absolute Gasteiger partial charge is 0.399 e. The number of anilines is 2. The van der Waals surface area contributed by atoms with Gasteiger partial charge in [-0.1, -0.05) is 59.1 Å². The molecule has 0 unspecified atom stereocenters. The number of hydrogen-bond donors (Lipinski definition) is 2. The summed E-state index contributed by atoms with van der Waals surface area (Å²) in [5.74, 6) is -0.812. The average Bonchev–Trinajstić information content (AvgIpc) is 3.14. The van der Waals surface area contributed by atoms with Crippen LogP contribution in [0.2, 0.25) is 15.1 Å². The molecule has 0 saturated carbocycles. The van der Waals surface area contributed by atoms with E-state index >= 15 is 0 Å². The van der Waals surface area contributed by atoms with Crippen LogP contribution >= 0.6 is 34.8 Å². The van der Waals surface area contributed by atoms with Crippen LogP contribution in [0.15, 0.2) is 77.7 Å². The molecule has 0 atom stereocenters. The molecule has 4 aromatic rings. The molecular formula is C22H15Cl3N4O4S. The second-order valence-corrected chi connectivity index (χ2v) is 9.72. The molecule has 34 heavy (non-hydrogen) atoms. The first-order valence-corrected chi connectivity index (χ1v) is 12.1. The first-order chi connectivity index (χ1) is 16.1. The van der Waals surface area contributed by atoms with E-state index in [1.54, 1.807) is 36.4 Å². The van der Waals surface area contributed by atoms with Gasteiger partial charge in [-0.3, -0.25) is 4.79 Å². The Morgan fingerprint density at radius 1 is 0.941 bits per heavy atom. The van der Waals surface area contributed by atoms with Gasteiger partial charge in [0.25, 0.3) is 5.91 Å². The lowest BCUT2D eigenvalue weighted by molar-refractivity contribution is 0.102. The number of halogens is 3. The van der Waals surface area contributed by atoms with Crippen LogP contribution in [0.25, 0.3) is 5.69 Å². The zero-order chi connectivity index (χ0) is 24.5. The molecule has 0 aliphatic rings. The Balaban J connectivity index is 1.78. The maximum Gasteiger partial charge on any atom is 0.340 e. The number of nitrogen functional groups attached to an aromatic ring is 1. The van der Waals surface area contributed by atoms with Crippen molar-refractivity contribution in [3.05, 3.63) is 93.4 Å². The number of carbonyl (C=O) groups is 1. The summed E-state index contributed by atoms with van der Waals surface area (Å²) in [6, 6.07) is 17.9. The third-order valence-corrected chi connectivity index (χ3v) is 6.52. The summed E-state index contributed by atoms with van der Waals surface area (Å²) in [7, 11) is -4.25. The van der Waals surface area contributed by atoms with Gasteiger partial charge in [-0.25, -0.2) is 0 Å². The van der Waals surface area contributed by atoms with Crippen LogP contribution in [0, 0.1) is 0 Å². The van der Waals surface area contributed by atoms with Crippen molar-refractivity contribution in [1.82, 2.24) is 9.78 Å². The van der Waals surface area contributed by atoms with E-state index in [4.69, 9.17) is 44.7 Å². The first-order valence-electron chi connectivity index (χ1n) is 9.55. The second kappa shape index (κ2) is 9.55. The minimum Gasteiger partial charge on any atom is -0.399 e. The predicted molar refractivity (Wildman–Crippen MR) is 132 cm³/mol. The normalized spacial score (nSPS) is 11.3. The molecule has 12 heteroatoms. The number of hydrogen-bond acceptors (Lipinski definition) is 6. The van der Waals surface area contributed by atoms with Gasteiger partial charge >= 0.3 is 10.1 Å². The number of benzene rings is 3. The SMILES string of the molecule is Nc1cccc(C(=O)Nc2cc(OS(=O)(=O)c3ccccc3)n(-c3c(Cl)cc(Cl)cc3Cl)n2)c1. The van der Waals surface area contributed by atoms with Gasteiger partial charge in [-0.15, -0.1) is 5.10 Å². The van der Waals surface area contributed by atoms with Crippen molar-refractivity contribution in [2.24, 2.45) is 0 Å². The lowest BCUT2D eigenvalue weighted by atomic mass is 10.2. The highest BCUT2D eigenvalue weighted by Crippen LogP contribution is 2.36. The van der Waals surface area contributed by atoms with Crippen LogP contribution in [0.3, 0.4) is 0 Å². The molecule has 174 valence electrons. The molecule has 0 fully saturated rings. The van der Waals surface area contributed by atoms with Crippen LogP contribution in [0.4, 0.5) is 11.5 Å². The zero-order valence-electron chi connectivity index (χ0n) is 17.1. The molecular weight excluding hydrogens is 523 g/mol. The van der Waals surface area contributed by atoms with Crippen LogP contribution in [-0.2, 0) is 10.1 Å². The summed E-state index contributed by atoms with van der Waals surface area (Å²) in [5, 5.41) is 7.25. The van der Waals surface area contributed by atoms with Gasteiger partial charge < -0.3 is 15.2 Å². The molecule has 4 rings (SSSR count). The van der Waals surface area contributed by atoms with Crippen molar-refractivity contribution < 1.29 is 17.4 Å². The number of nitrogens with one attached hydrogen (secondary N) is 1. The summed E-state index contributed by atoms with van der Waals surface area (Å²) in [5.41, 5.74) is 6.52. The van der Waals surface area contributed by atoms with Crippen molar-refractivity contribution in [3.8, 4) is 11.6 Å². The Labute approximate surface area is 209 Å². The van der Waals surface area contributed by atoms with E-state index in [1.165, 1.54) is 36.4 Å². The summed E-state index contributed by atoms with van der Waals surface area (Å²) in [6.45, 7) is 0. The number of nitrogens with two attached hydrogens (primary N) is 1. The Morgan fingerprint density at radius 3 is 2.26 bits per heavy atom. The fourth-order valence-electron chi connectivity index (χ4n) is 3.00. The van der Waals surface area contributed by atoms with Crippen LogP contribution in [0.5, 0.6) is 5.88 Å². The minimum atomic E-state index is -4.25. The molecule has 3 N–H and O–H groups in total. The molecule has 0 spiro atoms. The van der Waals surface area contributed by atoms with E-state index < -0.39 is 16.0 Å². The van der Waals surface area contributed by atoms with Crippen molar-refractivity contribution >= 4 is 62.3 Å². The molecule has 1 heterocycles. The van der Waals surface area contributed by atoms with Crippen molar-refractivity contribution in [2.75, 3.05) is 11.1 Å². The predicted octanol–water partition coefficient (Wildman–Crippen LogP) is 5.43. The smallest absolute Gasteiger partial charge is 0.340 e. The van der Waals surface area contributed by atoms with E-state index in [2.05, 4.69) is 10.4 Å². The summed E-state index contributed by atoms with van der Waals surface area (Å²) in [6.07, 6.45) is 0. The van der Waals surface area contributed by atoms with Gasteiger partial charge in [0.05, 0.1) is 10.0 Å². The van der Waals surface area contributed by atoms with Gasteiger partial charge in [0, 0.05) is 22.3 Å². The van der Waals surface area contributed by atoms with E-state index in [1.807, 2.05) is 0 Å². The summed E-state index contributed by atoms with van der Waals surface area (Å²) < 4.78 is 32.1. The summed E-state index contributed by atoms with van der Waals surface area (Å²) in [4.78, 5) is 12.6. The van der Waals surface area contributed by atoms with Gasteiger partial charge in [0.1, 0.15) is 10.6 Å². The van der Waals surface area contributed by atoms with Crippen molar-refractivity contribution in [3.63, 3.8) is 0 Å². The van der Waals surface area contributed by atoms with Crippen LogP contribution in [-0.4, -0.2) is 24.1 Å². The Bertz CT molecular complexity index is 1470. The quantitative estimate of drug-likeness (QED) is 0.250. The Hall–Kier alpha value is -3.24. The van der Waals surface area contributed by atoms with Crippen molar-refractivity contribution in [2.45, 2.75) is 4.90 Å². The number of amides is 1. The molecule has 0 aliphatic carbocycles. The van der Waals surface area contributed by atoms with Gasteiger partial charge in [0.15, 0.2) is 5.82 Å². The van der Waals surface area contributed by atoms with Crippen molar-refractivity contribution in [1.29, 1.82) is 0 Å². The fourth-order valence-corrected chi connectivity index (χ4v) is 4.90. The molecule has 0 saturated heterocycles. The third-order valence-electron chi connectivity index (χ3n) is 4.49. The minimum absolute atomic E-state index is 0.0206. The molecule has 0 radical (unpaired) electrons. The van der Waals surface area contributed by atoms with E-state index in [9.17, 15) is 13.2 Å². The number of rotatable bonds is 6. The molecule has 0 aliphatic heterocycles. The van der Waals surface area contributed by atoms with Gasteiger partial charge in [-0.05, 0) is 42.5 Å². The summed E-state index contributed by atoms with van der Waals surface area (Å²) >= 11 is 18.6. The standard InChI is InChI=1S/C22H15Cl3N4O4S/c23-14-10-17(24)21(18(25)11-14)29-20(33-34(31,32)16-7-2-1-3-8-16)12-19(28-29)27-22(30)13-5-4-6-15(26)9-13/h1-12H,26H2,(H,27,28,30). The molecule has 3 aromatic carbocycles. The molecule has 8 nitrogen and oxygen atoms in total. The fraction of sp³-hybridized carbons (Fsp3) is 0. The van der Waals surface area contributed by atoms with Crippen LogP contribution in [0.1, 0.15) is 10.4 Å². The monoisotopic (exact) mass is 536 g/mol. The third kappa shape index (κ3) is 5.13. The maximum atomic E-state index is 12.8. The van der Waals surface area contributed by atoms with Gasteiger partial charge in [-0.2, -0.15) is 13.1 Å². The molecule has 1 amide bonds. The van der Waals surface area contributed by atoms with Gasteiger partial charge in [0.2, 0.25) is 5.88 Å². The highest BCUT2D eigenvalue weighted by Gasteiger charge is 2.24. The average molecular weight is 538 g/mol. The Kier molecular flexibility index (Phi) is 6.72. The number of carbonyl (C=O) groups excluding carboxylic acids is 1. The molecule has 0 bridgehead atoms. The van der Waals surface area contributed by atoms with E-state index in [-0.39, 0.29) is 42.9 Å². The maximum absolute atomic E-state index is 12.8. The van der Waals surface area contributed by atoms with E-state index in [0.717, 1.165) is 4.68 Å². The number of nitrogens with zero attached hydrogens (tertiary/aromatic N) is 2. The topological polar surface area (TPSA) is 116 Å². The molecule has 1 aromatic heterocycles. The number of aromatic nitrogens is 2. The highest BCUT2D eigenvalue weighted by atomic mass is 35.5. The lowest BCUT2D eigenvalue weighted by Crippen LogP contribution is -2.13. The highest BCUT2D eigenvalue weighted by molar-refractivity contribution is 7.87. The van der Waals surface area contributed by atoms with Crippen LogP contribution < -0.4 is 15.2 Å². The first kappa shape index (κ1) is 23.9. The zero-order valence-corrected chi connectivity index (χ0v) is 20.2.